The summed E-state index contributed by atoms with van der Waals surface area (Å²) in [5, 5.41) is 23.0. The van der Waals surface area contributed by atoms with E-state index in [9.17, 15) is 10.2 Å². The first-order valence-corrected chi connectivity index (χ1v) is 6.60. The fourth-order valence-electron chi connectivity index (χ4n) is 2.42. The van der Waals surface area contributed by atoms with E-state index >= 15 is 0 Å². The first-order chi connectivity index (χ1) is 9.63. The van der Waals surface area contributed by atoms with Crippen molar-refractivity contribution in [2.24, 2.45) is 0 Å². The van der Waals surface area contributed by atoms with Crippen molar-refractivity contribution in [2.45, 2.75) is 25.7 Å². The van der Waals surface area contributed by atoms with Gasteiger partial charge in [-0.2, -0.15) is 4.98 Å². The van der Waals surface area contributed by atoms with Crippen LogP contribution in [-0.2, 0) is 6.54 Å². The second-order valence-electron chi connectivity index (χ2n) is 5.16. The molecule has 2 N–H and O–H groups in total. The summed E-state index contributed by atoms with van der Waals surface area (Å²) in [6, 6.07) is 7.85. The van der Waals surface area contributed by atoms with E-state index in [2.05, 4.69) is 10.1 Å². The summed E-state index contributed by atoms with van der Waals surface area (Å²) < 4.78 is 5.24. The van der Waals surface area contributed by atoms with Gasteiger partial charge in [0.25, 0.3) is 0 Å². The zero-order valence-electron chi connectivity index (χ0n) is 11.2. The van der Waals surface area contributed by atoms with Gasteiger partial charge in [0.05, 0.1) is 18.8 Å². The molecule has 0 aliphatic carbocycles. The minimum atomic E-state index is -0.700. The predicted octanol–water partition coefficient (Wildman–Crippen LogP) is 0.582. The van der Waals surface area contributed by atoms with Crippen LogP contribution < -0.4 is 0 Å². The normalized spacial score (nSPS) is 23.4. The quantitative estimate of drug-likeness (QED) is 0.852. The summed E-state index contributed by atoms with van der Waals surface area (Å²) in [4.78, 5) is 6.27. The van der Waals surface area contributed by atoms with Crippen molar-refractivity contribution in [1.82, 2.24) is 15.0 Å². The Labute approximate surface area is 116 Å². The standard InChI is InChI=1S/C14H17N3O3/c1-9-4-2-3-5-10(9)14-15-13(20-16-14)8-17-6-11(18)12(19)7-17/h2-5,11-12,18-19H,6-8H2,1H3/t11-,12+. The predicted molar refractivity (Wildman–Crippen MR) is 71.8 cm³/mol. The Balaban J connectivity index is 1.73. The van der Waals surface area contributed by atoms with Gasteiger partial charge in [-0.05, 0) is 12.5 Å². The molecular formula is C14H17N3O3. The molecule has 2 atom stereocenters. The largest absolute Gasteiger partial charge is 0.389 e. The molecule has 1 saturated heterocycles. The molecule has 1 fully saturated rings. The Morgan fingerprint density at radius 2 is 1.95 bits per heavy atom. The summed E-state index contributed by atoms with van der Waals surface area (Å²) in [6.07, 6.45) is -1.40. The zero-order valence-corrected chi connectivity index (χ0v) is 11.2. The highest BCUT2D eigenvalue weighted by Crippen LogP contribution is 2.21. The number of nitrogens with zero attached hydrogens (tertiary/aromatic N) is 3. The molecule has 0 radical (unpaired) electrons. The lowest BCUT2D eigenvalue weighted by Gasteiger charge is -2.10. The van der Waals surface area contributed by atoms with Crippen molar-refractivity contribution >= 4 is 0 Å². The molecule has 2 aromatic rings. The van der Waals surface area contributed by atoms with Crippen molar-refractivity contribution in [3.8, 4) is 11.4 Å². The lowest BCUT2D eigenvalue weighted by molar-refractivity contribution is 0.0572. The van der Waals surface area contributed by atoms with Crippen molar-refractivity contribution in [3.05, 3.63) is 35.7 Å². The minimum absolute atomic E-state index is 0.420. The van der Waals surface area contributed by atoms with E-state index in [1.54, 1.807) is 0 Å². The average molecular weight is 275 g/mol. The SMILES string of the molecule is Cc1ccccc1-c1noc(CN2C[C@@H](O)[C@@H](O)C2)n1. The average Bonchev–Trinajstić information content (AvgIpc) is 2.98. The van der Waals surface area contributed by atoms with E-state index in [0.717, 1.165) is 11.1 Å². The first kappa shape index (κ1) is 13.2. The Morgan fingerprint density at radius 3 is 2.65 bits per heavy atom. The second-order valence-corrected chi connectivity index (χ2v) is 5.16. The molecular weight excluding hydrogens is 258 g/mol. The van der Waals surface area contributed by atoms with Crippen LogP contribution >= 0.6 is 0 Å². The van der Waals surface area contributed by atoms with Crippen LogP contribution in [0.1, 0.15) is 11.5 Å². The molecule has 20 heavy (non-hydrogen) atoms. The summed E-state index contributed by atoms with van der Waals surface area (Å²) >= 11 is 0. The maximum atomic E-state index is 9.51. The van der Waals surface area contributed by atoms with E-state index in [1.807, 2.05) is 36.1 Å². The highest BCUT2D eigenvalue weighted by Gasteiger charge is 2.30. The fourth-order valence-corrected chi connectivity index (χ4v) is 2.42. The smallest absolute Gasteiger partial charge is 0.241 e. The van der Waals surface area contributed by atoms with Crippen molar-refractivity contribution in [2.75, 3.05) is 13.1 Å². The molecule has 0 saturated carbocycles. The highest BCUT2D eigenvalue weighted by molar-refractivity contribution is 5.58. The number of aromatic nitrogens is 2. The van der Waals surface area contributed by atoms with Crippen molar-refractivity contribution in [3.63, 3.8) is 0 Å². The van der Waals surface area contributed by atoms with Gasteiger partial charge >= 0.3 is 0 Å². The third-order valence-electron chi connectivity index (χ3n) is 3.55. The number of aryl methyl sites for hydroxylation is 1. The van der Waals surface area contributed by atoms with Crippen LogP contribution in [0.5, 0.6) is 0 Å². The number of likely N-dealkylation sites (tertiary alicyclic amines) is 1. The maximum absolute atomic E-state index is 9.51. The molecule has 6 nitrogen and oxygen atoms in total. The van der Waals surface area contributed by atoms with Crippen molar-refractivity contribution in [1.29, 1.82) is 0 Å². The Hall–Kier alpha value is -1.76. The van der Waals surface area contributed by atoms with E-state index in [-0.39, 0.29) is 0 Å². The Bertz CT molecular complexity index is 589. The van der Waals surface area contributed by atoms with E-state index in [1.165, 1.54) is 0 Å². The van der Waals surface area contributed by atoms with E-state index < -0.39 is 12.2 Å². The molecule has 1 aromatic carbocycles. The Morgan fingerprint density at radius 1 is 1.25 bits per heavy atom. The lowest BCUT2D eigenvalue weighted by atomic mass is 10.1. The monoisotopic (exact) mass is 275 g/mol. The lowest BCUT2D eigenvalue weighted by Crippen LogP contribution is -2.22. The third-order valence-corrected chi connectivity index (χ3v) is 3.55. The number of aliphatic hydroxyl groups excluding tert-OH is 2. The second kappa shape index (κ2) is 5.32. The molecule has 106 valence electrons. The van der Waals surface area contributed by atoms with Crippen LogP contribution in [0.4, 0.5) is 0 Å². The van der Waals surface area contributed by atoms with E-state index in [4.69, 9.17) is 4.52 Å². The molecule has 3 rings (SSSR count). The summed E-state index contributed by atoms with van der Waals surface area (Å²) in [6.45, 7) is 3.28. The maximum Gasteiger partial charge on any atom is 0.241 e. The highest BCUT2D eigenvalue weighted by atomic mass is 16.5. The van der Waals surface area contributed by atoms with Gasteiger partial charge in [-0.1, -0.05) is 29.4 Å². The third kappa shape index (κ3) is 2.58. The van der Waals surface area contributed by atoms with Gasteiger partial charge in [-0.3, -0.25) is 4.90 Å². The topological polar surface area (TPSA) is 82.6 Å². The van der Waals surface area contributed by atoms with Crippen LogP contribution in [0.2, 0.25) is 0 Å². The number of hydrogen-bond acceptors (Lipinski definition) is 6. The summed E-state index contributed by atoms with van der Waals surface area (Å²) in [5.74, 6) is 1.06. The molecule has 0 bridgehead atoms. The minimum Gasteiger partial charge on any atom is -0.389 e. The van der Waals surface area contributed by atoms with Crippen LogP contribution in [0, 0.1) is 6.92 Å². The first-order valence-electron chi connectivity index (χ1n) is 6.60. The van der Waals surface area contributed by atoms with Crippen molar-refractivity contribution < 1.29 is 14.7 Å². The van der Waals surface area contributed by atoms with Gasteiger partial charge in [0.2, 0.25) is 11.7 Å². The van der Waals surface area contributed by atoms with Gasteiger partial charge in [0, 0.05) is 18.7 Å². The number of hydrogen-bond donors (Lipinski definition) is 2. The number of aliphatic hydroxyl groups is 2. The van der Waals surface area contributed by atoms with Crippen LogP contribution in [-0.4, -0.2) is 50.6 Å². The molecule has 0 amide bonds. The van der Waals surface area contributed by atoms with Gasteiger partial charge in [0.15, 0.2) is 0 Å². The molecule has 1 aliphatic heterocycles. The molecule has 0 spiro atoms. The van der Waals surface area contributed by atoms with Crippen LogP contribution in [0.25, 0.3) is 11.4 Å². The number of benzene rings is 1. The van der Waals surface area contributed by atoms with Crippen LogP contribution in [0.3, 0.4) is 0 Å². The summed E-state index contributed by atoms with van der Waals surface area (Å²) in [5.41, 5.74) is 2.04. The number of β-amino-alcohol motifs (C(OH)–C–C–N with tert-alkyl or cyclic N) is 2. The summed E-state index contributed by atoms with van der Waals surface area (Å²) in [7, 11) is 0. The van der Waals surface area contributed by atoms with Gasteiger partial charge in [-0.15, -0.1) is 0 Å². The molecule has 0 unspecified atom stereocenters. The Kier molecular flexibility index (Phi) is 3.52. The molecule has 2 heterocycles. The molecule has 1 aromatic heterocycles. The van der Waals surface area contributed by atoms with Gasteiger partial charge < -0.3 is 14.7 Å². The van der Waals surface area contributed by atoms with E-state index in [0.29, 0.717) is 31.3 Å². The van der Waals surface area contributed by atoms with Crippen LogP contribution in [0.15, 0.2) is 28.8 Å². The van der Waals surface area contributed by atoms with Gasteiger partial charge in [-0.25, -0.2) is 0 Å². The fraction of sp³-hybridized carbons (Fsp3) is 0.429. The molecule has 1 aliphatic rings. The van der Waals surface area contributed by atoms with Gasteiger partial charge in [0.1, 0.15) is 0 Å². The molecule has 6 heteroatoms. The number of rotatable bonds is 3. The zero-order chi connectivity index (χ0) is 14.1.